The molecule has 2 aromatic carbocycles. The van der Waals surface area contributed by atoms with Crippen LogP contribution in [0.1, 0.15) is 12.8 Å². The highest BCUT2D eigenvalue weighted by molar-refractivity contribution is 6.30. The molecule has 5 heteroatoms. The van der Waals surface area contributed by atoms with Crippen LogP contribution in [0.2, 0.25) is 5.02 Å². The smallest absolute Gasteiger partial charge is 0.224 e. The zero-order valence-corrected chi connectivity index (χ0v) is 12.3. The van der Waals surface area contributed by atoms with Gasteiger partial charge < -0.3 is 15.8 Å². The van der Waals surface area contributed by atoms with Crippen LogP contribution in [-0.4, -0.2) is 12.5 Å². The van der Waals surface area contributed by atoms with Crippen molar-refractivity contribution in [1.82, 2.24) is 0 Å². The van der Waals surface area contributed by atoms with Gasteiger partial charge in [-0.15, -0.1) is 0 Å². The fourth-order valence-corrected chi connectivity index (χ4v) is 1.87. The molecule has 2 rings (SSSR count). The second-order valence-electron chi connectivity index (χ2n) is 4.58. The Balaban J connectivity index is 1.67. The molecule has 0 fully saturated rings. The van der Waals surface area contributed by atoms with Crippen LogP contribution in [0, 0.1) is 0 Å². The number of rotatable bonds is 6. The highest BCUT2D eigenvalue weighted by atomic mass is 35.5. The van der Waals surface area contributed by atoms with Gasteiger partial charge in [-0.05, 0) is 55.0 Å². The number of carbonyl (C=O) groups is 1. The molecule has 110 valence electrons. The first-order valence-corrected chi connectivity index (χ1v) is 7.05. The average Bonchev–Trinajstić information content (AvgIpc) is 2.48. The lowest BCUT2D eigenvalue weighted by Gasteiger charge is -2.07. The summed E-state index contributed by atoms with van der Waals surface area (Å²) >= 11 is 5.79. The topological polar surface area (TPSA) is 64.3 Å². The summed E-state index contributed by atoms with van der Waals surface area (Å²) in [5.41, 5.74) is 7.00. The van der Waals surface area contributed by atoms with Crippen LogP contribution in [0.3, 0.4) is 0 Å². The first kappa shape index (κ1) is 15.2. The van der Waals surface area contributed by atoms with Crippen LogP contribution < -0.4 is 15.8 Å². The van der Waals surface area contributed by atoms with Crippen molar-refractivity contribution in [1.29, 1.82) is 0 Å². The maximum atomic E-state index is 11.7. The zero-order valence-electron chi connectivity index (χ0n) is 11.5. The lowest BCUT2D eigenvalue weighted by Crippen LogP contribution is -2.12. The molecule has 1 amide bonds. The van der Waals surface area contributed by atoms with Crippen LogP contribution in [0.5, 0.6) is 5.75 Å². The number of carbonyl (C=O) groups excluding carboxylic acids is 1. The Labute approximate surface area is 128 Å². The van der Waals surface area contributed by atoms with E-state index >= 15 is 0 Å². The molecule has 0 aliphatic heterocycles. The molecule has 0 radical (unpaired) electrons. The summed E-state index contributed by atoms with van der Waals surface area (Å²) in [5, 5.41) is 3.48. The summed E-state index contributed by atoms with van der Waals surface area (Å²) in [7, 11) is 0. The van der Waals surface area contributed by atoms with Crippen molar-refractivity contribution < 1.29 is 9.53 Å². The Kier molecular flexibility index (Phi) is 5.46. The number of benzene rings is 2. The van der Waals surface area contributed by atoms with Gasteiger partial charge in [-0.2, -0.15) is 0 Å². The van der Waals surface area contributed by atoms with Gasteiger partial charge in [-0.3, -0.25) is 4.79 Å². The SMILES string of the molecule is Nc1ccc(NC(=O)CCCOc2ccc(Cl)cc2)cc1. The third-order valence-electron chi connectivity index (χ3n) is 2.82. The first-order chi connectivity index (χ1) is 10.1. The summed E-state index contributed by atoms with van der Waals surface area (Å²) in [6, 6.07) is 14.2. The van der Waals surface area contributed by atoms with E-state index in [-0.39, 0.29) is 5.91 Å². The standard InChI is InChI=1S/C16H17ClN2O2/c17-12-3-9-15(10-4-12)21-11-1-2-16(20)19-14-7-5-13(18)6-8-14/h3-10H,1-2,11,18H2,(H,19,20). The highest BCUT2D eigenvalue weighted by Crippen LogP contribution is 2.16. The highest BCUT2D eigenvalue weighted by Gasteiger charge is 2.02. The molecule has 0 aliphatic rings. The van der Waals surface area contributed by atoms with E-state index < -0.39 is 0 Å². The Morgan fingerprint density at radius 1 is 1.10 bits per heavy atom. The molecule has 0 aromatic heterocycles. The Bertz CT molecular complexity index is 582. The molecule has 0 bridgehead atoms. The van der Waals surface area contributed by atoms with E-state index in [0.29, 0.717) is 30.2 Å². The van der Waals surface area contributed by atoms with Crippen LogP contribution in [0.15, 0.2) is 48.5 Å². The minimum Gasteiger partial charge on any atom is -0.494 e. The number of hydrogen-bond donors (Lipinski definition) is 2. The first-order valence-electron chi connectivity index (χ1n) is 6.67. The van der Waals surface area contributed by atoms with Crippen LogP contribution in [0.4, 0.5) is 11.4 Å². The summed E-state index contributed by atoms with van der Waals surface area (Å²) in [4.78, 5) is 11.7. The van der Waals surface area contributed by atoms with Gasteiger partial charge in [0.15, 0.2) is 0 Å². The number of nitrogen functional groups attached to an aromatic ring is 1. The molecule has 0 atom stereocenters. The largest absolute Gasteiger partial charge is 0.494 e. The van der Waals surface area contributed by atoms with E-state index in [0.717, 1.165) is 11.4 Å². The molecule has 3 N–H and O–H groups in total. The quantitative estimate of drug-likeness (QED) is 0.631. The molecule has 0 saturated carbocycles. The summed E-state index contributed by atoms with van der Waals surface area (Å²) in [6.07, 6.45) is 1.04. The van der Waals surface area contributed by atoms with E-state index in [4.69, 9.17) is 22.1 Å². The number of anilines is 2. The van der Waals surface area contributed by atoms with Gasteiger partial charge in [-0.1, -0.05) is 11.6 Å². The second kappa shape index (κ2) is 7.55. The molecule has 21 heavy (non-hydrogen) atoms. The van der Waals surface area contributed by atoms with Crippen molar-refractivity contribution in [3.8, 4) is 5.75 Å². The van der Waals surface area contributed by atoms with E-state index in [1.54, 1.807) is 48.5 Å². The molecule has 0 spiro atoms. The van der Waals surface area contributed by atoms with E-state index in [1.807, 2.05) is 0 Å². The van der Waals surface area contributed by atoms with Gasteiger partial charge in [0.05, 0.1) is 6.61 Å². The maximum absolute atomic E-state index is 11.7. The van der Waals surface area contributed by atoms with E-state index in [2.05, 4.69) is 5.32 Å². The molecule has 0 unspecified atom stereocenters. The third kappa shape index (κ3) is 5.36. The van der Waals surface area contributed by atoms with Crippen molar-refractivity contribution in [2.45, 2.75) is 12.8 Å². The monoisotopic (exact) mass is 304 g/mol. The lowest BCUT2D eigenvalue weighted by molar-refractivity contribution is -0.116. The van der Waals surface area contributed by atoms with Gasteiger partial charge in [-0.25, -0.2) is 0 Å². The molecular weight excluding hydrogens is 288 g/mol. The Hall–Kier alpha value is -2.20. The van der Waals surface area contributed by atoms with Crippen molar-refractivity contribution in [2.24, 2.45) is 0 Å². The Morgan fingerprint density at radius 3 is 2.43 bits per heavy atom. The fourth-order valence-electron chi connectivity index (χ4n) is 1.74. The van der Waals surface area contributed by atoms with Crippen LogP contribution in [-0.2, 0) is 4.79 Å². The van der Waals surface area contributed by atoms with Gasteiger partial charge in [0, 0.05) is 22.8 Å². The summed E-state index contributed by atoms with van der Waals surface area (Å²) in [6.45, 7) is 0.483. The van der Waals surface area contributed by atoms with Crippen molar-refractivity contribution in [2.75, 3.05) is 17.7 Å². The maximum Gasteiger partial charge on any atom is 0.224 e. The van der Waals surface area contributed by atoms with E-state index in [1.165, 1.54) is 0 Å². The van der Waals surface area contributed by atoms with Gasteiger partial charge in [0.2, 0.25) is 5.91 Å². The van der Waals surface area contributed by atoms with Crippen molar-refractivity contribution in [3.63, 3.8) is 0 Å². The summed E-state index contributed by atoms with van der Waals surface area (Å²) < 4.78 is 5.52. The van der Waals surface area contributed by atoms with Crippen molar-refractivity contribution >= 4 is 28.9 Å². The van der Waals surface area contributed by atoms with E-state index in [9.17, 15) is 4.79 Å². The minimum atomic E-state index is -0.0422. The predicted molar refractivity (Wildman–Crippen MR) is 85.7 cm³/mol. The number of ether oxygens (including phenoxy) is 1. The second-order valence-corrected chi connectivity index (χ2v) is 5.01. The molecule has 2 aromatic rings. The number of nitrogens with one attached hydrogen (secondary N) is 1. The molecule has 0 heterocycles. The normalized spacial score (nSPS) is 10.1. The van der Waals surface area contributed by atoms with Gasteiger partial charge in [0.1, 0.15) is 5.75 Å². The third-order valence-corrected chi connectivity index (χ3v) is 3.08. The molecular formula is C16H17ClN2O2. The van der Waals surface area contributed by atoms with Gasteiger partial charge >= 0.3 is 0 Å². The Morgan fingerprint density at radius 2 is 1.76 bits per heavy atom. The zero-order chi connectivity index (χ0) is 15.1. The molecule has 0 saturated heterocycles. The van der Waals surface area contributed by atoms with Crippen LogP contribution in [0.25, 0.3) is 0 Å². The van der Waals surface area contributed by atoms with Crippen LogP contribution >= 0.6 is 11.6 Å². The lowest BCUT2D eigenvalue weighted by atomic mass is 10.2. The number of amides is 1. The van der Waals surface area contributed by atoms with Gasteiger partial charge in [0.25, 0.3) is 0 Å². The number of nitrogens with two attached hydrogens (primary N) is 1. The minimum absolute atomic E-state index is 0.0422. The molecule has 0 aliphatic carbocycles. The fraction of sp³-hybridized carbons (Fsp3) is 0.188. The predicted octanol–water partition coefficient (Wildman–Crippen LogP) is 3.72. The van der Waals surface area contributed by atoms with Crippen molar-refractivity contribution in [3.05, 3.63) is 53.6 Å². The average molecular weight is 305 g/mol. The molecule has 4 nitrogen and oxygen atoms in total. The summed E-state index contributed by atoms with van der Waals surface area (Å²) in [5.74, 6) is 0.706. The number of hydrogen-bond acceptors (Lipinski definition) is 3. The number of halogens is 1.